The van der Waals surface area contributed by atoms with Gasteiger partial charge in [0.2, 0.25) is 5.91 Å². The second-order valence-corrected chi connectivity index (χ2v) is 7.32. The van der Waals surface area contributed by atoms with E-state index in [1.54, 1.807) is 18.4 Å². The first-order valence-corrected chi connectivity index (χ1v) is 10.0. The van der Waals surface area contributed by atoms with E-state index in [1.807, 2.05) is 30.5 Å². The molecule has 3 aromatic rings. The Hall–Kier alpha value is -2.78. The Morgan fingerprint density at radius 3 is 2.81 bits per heavy atom. The van der Waals surface area contributed by atoms with Gasteiger partial charge in [-0.05, 0) is 37.4 Å². The van der Waals surface area contributed by atoms with Crippen LogP contribution in [0.3, 0.4) is 0 Å². The Labute approximate surface area is 164 Å². The maximum Gasteiger partial charge on any atom is 0.341 e. The third-order valence-electron chi connectivity index (χ3n) is 3.43. The quantitative estimate of drug-likeness (QED) is 0.580. The zero-order valence-electron chi connectivity index (χ0n) is 14.8. The molecule has 1 amide bonds. The van der Waals surface area contributed by atoms with E-state index in [2.05, 4.69) is 20.6 Å². The van der Waals surface area contributed by atoms with Crippen LogP contribution in [0.1, 0.15) is 28.7 Å². The molecule has 2 N–H and O–H groups in total. The van der Waals surface area contributed by atoms with E-state index in [4.69, 9.17) is 4.74 Å². The number of carbonyl (C=O) groups excluding carboxylic acids is 2. The zero-order chi connectivity index (χ0) is 19.2. The lowest BCUT2D eigenvalue weighted by Crippen LogP contribution is -2.16. The van der Waals surface area contributed by atoms with E-state index in [-0.39, 0.29) is 18.9 Å². The number of nitrogens with one attached hydrogen (secondary N) is 2. The highest BCUT2D eigenvalue weighted by atomic mass is 32.1. The number of hydrogen-bond donors (Lipinski definition) is 2. The van der Waals surface area contributed by atoms with Crippen LogP contribution >= 0.6 is 22.7 Å². The van der Waals surface area contributed by atoms with E-state index in [1.165, 1.54) is 22.7 Å². The largest absolute Gasteiger partial charge is 0.462 e. The molecule has 27 heavy (non-hydrogen) atoms. The molecule has 0 aliphatic carbocycles. The molecule has 3 aromatic heterocycles. The molecule has 0 atom stereocenters. The van der Waals surface area contributed by atoms with E-state index in [0.29, 0.717) is 27.2 Å². The molecular weight excluding hydrogens is 384 g/mol. The number of nitrogens with zero attached hydrogens (tertiary/aromatic N) is 2. The van der Waals surface area contributed by atoms with Crippen LogP contribution < -0.4 is 10.6 Å². The average Bonchev–Trinajstić information content (AvgIpc) is 3.24. The minimum atomic E-state index is -0.445. The molecule has 9 heteroatoms. The lowest BCUT2D eigenvalue weighted by molar-refractivity contribution is -0.115. The van der Waals surface area contributed by atoms with Gasteiger partial charge < -0.3 is 15.4 Å². The Morgan fingerprint density at radius 1 is 1.19 bits per heavy atom. The minimum absolute atomic E-state index is 0.111. The summed E-state index contributed by atoms with van der Waals surface area (Å²) in [5.74, 6) is 0.0198. The van der Waals surface area contributed by atoms with Crippen molar-refractivity contribution < 1.29 is 14.3 Å². The summed E-state index contributed by atoms with van der Waals surface area (Å²) in [6.07, 6.45) is 0.111. The maximum absolute atomic E-state index is 12.3. The van der Waals surface area contributed by atoms with Gasteiger partial charge >= 0.3 is 5.97 Å². The van der Waals surface area contributed by atoms with Crippen LogP contribution in [-0.4, -0.2) is 28.5 Å². The highest BCUT2D eigenvalue weighted by Gasteiger charge is 2.17. The van der Waals surface area contributed by atoms with Gasteiger partial charge in [-0.2, -0.15) is 0 Å². The number of thiophene rings is 1. The molecule has 7 nitrogen and oxygen atoms in total. The second kappa shape index (κ2) is 8.74. The summed E-state index contributed by atoms with van der Waals surface area (Å²) in [7, 11) is 0. The molecule has 0 spiro atoms. The van der Waals surface area contributed by atoms with Gasteiger partial charge in [0.1, 0.15) is 10.8 Å². The van der Waals surface area contributed by atoms with Crippen molar-refractivity contribution in [3.63, 3.8) is 0 Å². The summed E-state index contributed by atoms with van der Waals surface area (Å²) in [4.78, 5) is 32.9. The van der Waals surface area contributed by atoms with Crippen molar-refractivity contribution in [3.8, 4) is 0 Å². The number of rotatable bonds is 7. The van der Waals surface area contributed by atoms with Crippen LogP contribution in [0.15, 0.2) is 35.0 Å². The Bertz CT molecular complexity index is 951. The second-order valence-electron chi connectivity index (χ2n) is 5.54. The molecule has 0 saturated heterocycles. The fourth-order valence-electron chi connectivity index (χ4n) is 2.28. The van der Waals surface area contributed by atoms with Crippen molar-refractivity contribution >= 4 is 50.5 Å². The van der Waals surface area contributed by atoms with Gasteiger partial charge in [-0.15, -0.1) is 22.7 Å². The molecule has 0 unspecified atom stereocenters. The molecule has 0 radical (unpaired) electrons. The molecule has 0 bridgehead atoms. The number of thiazole rings is 1. The van der Waals surface area contributed by atoms with Gasteiger partial charge in [0.25, 0.3) is 0 Å². The number of hydrogen-bond acceptors (Lipinski definition) is 8. The summed E-state index contributed by atoms with van der Waals surface area (Å²) >= 11 is 2.68. The zero-order valence-corrected chi connectivity index (χ0v) is 16.4. The first-order chi connectivity index (χ1) is 13.0. The Balaban J connectivity index is 1.60. The number of esters is 1. The predicted molar refractivity (Wildman–Crippen MR) is 107 cm³/mol. The number of aromatic nitrogens is 2. The fourth-order valence-corrected chi connectivity index (χ4v) is 3.79. The summed E-state index contributed by atoms with van der Waals surface area (Å²) in [6.45, 7) is 3.94. The van der Waals surface area contributed by atoms with E-state index >= 15 is 0 Å². The standard InChI is InChI=1S/C18H18N4O3S2/c1-3-25-17(24)13-7-8-26-16(13)22-15(23)9-12-10-27-18(20-12)21-14-6-4-5-11(2)19-14/h4-8,10H,3,9H2,1-2H3,(H,22,23)(H,19,20,21). The minimum Gasteiger partial charge on any atom is -0.462 e. The van der Waals surface area contributed by atoms with Gasteiger partial charge in [-0.3, -0.25) is 4.79 Å². The van der Waals surface area contributed by atoms with Crippen LogP contribution in [0.25, 0.3) is 0 Å². The molecule has 0 aliphatic rings. The number of amides is 1. The van der Waals surface area contributed by atoms with Crippen molar-refractivity contribution in [1.82, 2.24) is 9.97 Å². The van der Waals surface area contributed by atoms with Crippen LogP contribution in [-0.2, 0) is 16.0 Å². The number of anilines is 3. The van der Waals surface area contributed by atoms with E-state index in [9.17, 15) is 9.59 Å². The molecule has 0 aliphatic heterocycles. The Kier molecular flexibility index (Phi) is 6.15. The van der Waals surface area contributed by atoms with Gasteiger partial charge in [-0.1, -0.05) is 6.07 Å². The van der Waals surface area contributed by atoms with E-state index in [0.717, 1.165) is 5.69 Å². The van der Waals surface area contributed by atoms with E-state index < -0.39 is 5.97 Å². The molecule has 0 fully saturated rings. The normalized spacial score (nSPS) is 10.4. The Morgan fingerprint density at radius 2 is 2.04 bits per heavy atom. The molecule has 0 aromatic carbocycles. The lowest BCUT2D eigenvalue weighted by Gasteiger charge is -2.05. The third kappa shape index (κ3) is 5.11. The maximum atomic E-state index is 12.3. The summed E-state index contributed by atoms with van der Waals surface area (Å²) in [5.41, 5.74) is 1.91. The topological polar surface area (TPSA) is 93.2 Å². The first kappa shape index (κ1) is 19.0. The van der Waals surface area contributed by atoms with Crippen LogP contribution in [0.2, 0.25) is 0 Å². The monoisotopic (exact) mass is 402 g/mol. The number of carbonyl (C=O) groups is 2. The summed E-state index contributed by atoms with van der Waals surface area (Å²) in [6, 6.07) is 7.32. The molecule has 140 valence electrons. The summed E-state index contributed by atoms with van der Waals surface area (Å²) < 4.78 is 4.99. The van der Waals surface area contributed by atoms with Gasteiger partial charge in [0.05, 0.1) is 24.3 Å². The molecular formula is C18H18N4O3S2. The van der Waals surface area contributed by atoms with Crippen molar-refractivity contribution in [1.29, 1.82) is 0 Å². The highest BCUT2D eigenvalue weighted by Crippen LogP contribution is 2.25. The van der Waals surface area contributed by atoms with Gasteiger partial charge in [0.15, 0.2) is 5.13 Å². The van der Waals surface area contributed by atoms with Crippen molar-refractivity contribution in [2.24, 2.45) is 0 Å². The molecule has 0 saturated carbocycles. The van der Waals surface area contributed by atoms with Crippen molar-refractivity contribution in [2.75, 3.05) is 17.2 Å². The average molecular weight is 403 g/mol. The third-order valence-corrected chi connectivity index (χ3v) is 5.07. The summed E-state index contributed by atoms with van der Waals surface area (Å²) in [5, 5.41) is 10.6. The van der Waals surface area contributed by atoms with Crippen LogP contribution in [0, 0.1) is 6.92 Å². The van der Waals surface area contributed by atoms with Crippen LogP contribution in [0.4, 0.5) is 16.0 Å². The van der Waals surface area contributed by atoms with Crippen LogP contribution in [0.5, 0.6) is 0 Å². The number of ether oxygens (including phenoxy) is 1. The van der Waals surface area contributed by atoms with Gasteiger partial charge in [0, 0.05) is 11.1 Å². The SMILES string of the molecule is CCOC(=O)c1ccsc1NC(=O)Cc1csc(Nc2cccc(C)n2)n1. The number of aryl methyl sites for hydroxylation is 1. The molecule has 3 rings (SSSR count). The van der Waals surface area contributed by atoms with Crippen molar-refractivity contribution in [3.05, 3.63) is 52.0 Å². The smallest absolute Gasteiger partial charge is 0.341 e. The fraction of sp³-hybridized carbons (Fsp3) is 0.222. The lowest BCUT2D eigenvalue weighted by atomic mass is 10.3. The first-order valence-electron chi connectivity index (χ1n) is 8.24. The predicted octanol–water partition coefficient (Wildman–Crippen LogP) is 4.01. The van der Waals surface area contributed by atoms with Crippen molar-refractivity contribution in [2.45, 2.75) is 20.3 Å². The highest BCUT2D eigenvalue weighted by molar-refractivity contribution is 7.14. The molecule has 3 heterocycles. The number of pyridine rings is 1. The van der Waals surface area contributed by atoms with Gasteiger partial charge in [-0.25, -0.2) is 14.8 Å².